The molecular formula is C30H34N2O7S. The Morgan fingerprint density at radius 2 is 1.55 bits per heavy atom. The molecule has 1 saturated carbocycles. The lowest BCUT2D eigenvalue weighted by atomic mass is 9.79. The van der Waals surface area contributed by atoms with E-state index in [1.807, 2.05) is 60.7 Å². The van der Waals surface area contributed by atoms with E-state index < -0.39 is 33.0 Å². The summed E-state index contributed by atoms with van der Waals surface area (Å²) in [5, 5.41) is 14.7. The van der Waals surface area contributed by atoms with Crippen molar-refractivity contribution in [3.8, 4) is 5.75 Å². The number of carbonyl (C=O) groups is 1. The monoisotopic (exact) mass is 566 g/mol. The van der Waals surface area contributed by atoms with Gasteiger partial charge in [-0.25, -0.2) is 4.79 Å². The van der Waals surface area contributed by atoms with Gasteiger partial charge in [0.15, 0.2) is 4.99 Å². The summed E-state index contributed by atoms with van der Waals surface area (Å²) in [6.45, 7) is -0.0140. The molecular weight excluding hydrogens is 532 g/mol. The highest BCUT2D eigenvalue weighted by Crippen LogP contribution is 2.32. The molecule has 3 aromatic carbocycles. The highest BCUT2D eigenvalue weighted by molar-refractivity contribution is 7.73. The van der Waals surface area contributed by atoms with E-state index in [1.54, 1.807) is 24.3 Å². The maximum Gasteiger partial charge on any atom is 0.408 e. The van der Waals surface area contributed by atoms with E-state index in [9.17, 15) is 18.3 Å². The SMILES string of the molecule is COc1ccc([C@](Cc2ccccc2)(NC(=O)OCc2ccccc2)[C@H](O)C(NOC2CCCC2)=S(=O)=O)cc1. The highest BCUT2D eigenvalue weighted by Gasteiger charge is 2.45. The number of rotatable bonds is 11. The summed E-state index contributed by atoms with van der Waals surface area (Å²) in [5.74, 6) is 0.554. The van der Waals surface area contributed by atoms with Crippen LogP contribution in [0.1, 0.15) is 42.4 Å². The van der Waals surface area contributed by atoms with Gasteiger partial charge in [0.2, 0.25) is 10.3 Å². The van der Waals surface area contributed by atoms with Crippen molar-refractivity contribution in [2.24, 2.45) is 0 Å². The Morgan fingerprint density at radius 1 is 0.950 bits per heavy atom. The van der Waals surface area contributed by atoms with Gasteiger partial charge in [-0.3, -0.25) is 4.84 Å². The summed E-state index contributed by atoms with van der Waals surface area (Å²) in [5.41, 5.74) is 2.79. The number of alkyl carbamates (subject to hydrolysis) is 1. The van der Waals surface area contributed by atoms with Crippen molar-refractivity contribution in [1.82, 2.24) is 10.8 Å². The van der Waals surface area contributed by atoms with Gasteiger partial charge in [-0.15, -0.1) is 0 Å². The fraction of sp³-hybridized carbons (Fsp3) is 0.333. The first-order valence-corrected chi connectivity index (χ1v) is 14.2. The Hall–Kier alpha value is -3.70. The minimum absolute atomic E-state index is 0.0140. The lowest BCUT2D eigenvalue weighted by Crippen LogP contribution is -2.60. The Balaban J connectivity index is 1.74. The number of ether oxygens (including phenoxy) is 2. The maximum absolute atomic E-state index is 13.3. The van der Waals surface area contributed by atoms with Crippen molar-refractivity contribution in [3.63, 3.8) is 0 Å². The number of aliphatic hydroxyl groups excluding tert-OH is 1. The molecule has 3 aromatic rings. The van der Waals surface area contributed by atoms with Gasteiger partial charge in [0.05, 0.1) is 13.2 Å². The molecule has 3 N–H and O–H groups in total. The number of carbonyl (C=O) groups excluding carboxylic acids is 1. The van der Waals surface area contributed by atoms with Crippen molar-refractivity contribution < 1.29 is 32.6 Å². The van der Waals surface area contributed by atoms with Gasteiger partial charge in [-0.2, -0.15) is 13.9 Å². The fourth-order valence-corrected chi connectivity index (χ4v) is 5.34. The molecule has 9 nitrogen and oxygen atoms in total. The van der Waals surface area contributed by atoms with Crippen LogP contribution >= 0.6 is 0 Å². The fourth-order valence-electron chi connectivity index (χ4n) is 4.84. The molecule has 40 heavy (non-hydrogen) atoms. The molecule has 2 atom stereocenters. The third kappa shape index (κ3) is 7.48. The number of hydrogen-bond acceptors (Lipinski definition) is 7. The molecule has 10 heteroatoms. The van der Waals surface area contributed by atoms with E-state index in [1.165, 1.54) is 7.11 Å². The summed E-state index contributed by atoms with van der Waals surface area (Å²) in [6.07, 6.45) is 0.755. The smallest absolute Gasteiger partial charge is 0.408 e. The number of hydroxylamine groups is 1. The molecule has 0 bridgehead atoms. The second kappa shape index (κ2) is 14.1. The molecule has 1 amide bonds. The standard InChI is InChI=1S/C30H34N2O7S/c1-37-25-18-16-24(17-19-25)30(20-22-10-4-2-5-11-22,31-29(34)38-21-23-12-6-3-7-13-23)27(33)28(40(35)36)32-39-26-14-8-9-15-26/h2-7,10-13,16-19,26-27,32-33H,8-9,14-15,20-21H2,1H3,(H,31,34)/t27-,30+/m1/s1. The van der Waals surface area contributed by atoms with Crippen LogP contribution in [0, 0.1) is 0 Å². The number of benzene rings is 3. The molecule has 1 aliphatic rings. The van der Waals surface area contributed by atoms with Crippen LogP contribution < -0.4 is 15.5 Å². The third-order valence-electron chi connectivity index (χ3n) is 6.99. The highest BCUT2D eigenvalue weighted by atomic mass is 32.2. The average Bonchev–Trinajstić information content (AvgIpc) is 3.50. The molecule has 0 spiro atoms. The van der Waals surface area contributed by atoms with E-state index in [0.29, 0.717) is 11.3 Å². The molecule has 0 saturated heterocycles. The van der Waals surface area contributed by atoms with Gasteiger partial charge in [-0.1, -0.05) is 85.6 Å². The second-order valence-electron chi connectivity index (χ2n) is 9.68. The normalized spacial score (nSPS) is 15.6. The lowest BCUT2D eigenvalue weighted by Gasteiger charge is -2.39. The number of aliphatic hydroxyl groups is 1. The van der Waals surface area contributed by atoms with E-state index in [4.69, 9.17) is 14.3 Å². The maximum atomic E-state index is 13.3. The second-order valence-corrected chi connectivity index (χ2v) is 10.6. The van der Waals surface area contributed by atoms with Crippen molar-refractivity contribution in [3.05, 3.63) is 102 Å². The van der Waals surface area contributed by atoms with Crippen molar-refractivity contribution >= 4 is 21.4 Å². The van der Waals surface area contributed by atoms with Gasteiger partial charge in [-0.05, 0) is 41.7 Å². The van der Waals surface area contributed by atoms with Crippen LogP contribution in [-0.2, 0) is 38.4 Å². The van der Waals surface area contributed by atoms with Gasteiger partial charge < -0.3 is 19.9 Å². The summed E-state index contributed by atoms with van der Waals surface area (Å²) in [4.78, 5) is 18.5. The average molecular weight is 567 g/mol. The zero-order chi connectivity index (χ0) is 28.4. The molecule has 0 unspecified atom stereocenters. The predicted molar refractivity (Wildman–Crippen MR) is 151 cm³/mol. The first-order chi connectivity index (χ1) is 19.4. The summed E-state index contributed by atoms with van der Waals surface area (Å²) < 4.78 is 35.8. The third-order valence-corrected chi connectivity index (χ3v) is 7.66. The van der Waals surface area contributed by atoms with Gasteiger partial charge >= 0.3 is 6.09 Å². The Morgan fingerprint density at radius 3 is 2.12 bits per heavy atom. The van der Waals surface area contributed by atoms with Gasteiger partial charge in [0.25, 0.3) is 0 Å². The Bertz CT molecular complexity index is 1370. The minimum Gasteiger partial charge on any atom is -0.497 e. The zero-order valence-corrected chi connectivity index (χ0v) is 23.1. The lowest BCUT2D eigenvalue weighted by molar-refractivity contribution is 0.00468. The van der Waals surface area contributed by atoms with E-state index in [0.717, 1.165) is 36.8 Å². The van der Waals surface area contributed by atoms with Crippen LogP contribution in [-0.4, -0.2) is 43.9 Å². The van der Waals surface area contributed by atoms with Crippen LogP contribution in [0.4, 0.5) is 4.79 Å². The molecule has 0 aromatic heterocycles. The summed E-state index contributed by atoms with van der Waals surface area (Å²) in [7, 11) is -1.38. The van der Waals surface area contributed by atoms with Crippen molar-refractivity contribution in [2.45, 2.75) is 56.5 Å². The Labute approximate surface area is 235 Å². The predicted octanol–water partition coefficient (Wildman–Crippen LogP) is 3.89. The number of amides is 1. The van der Waals surface area contributed by atoms with Crippen LogP contribution in [0.15, 0.2) is 84.9 Å². The topological polar surface area (TPSA) is 123 Å². The van der Waals surface area contributed by atoms with E-state index in [2.05, 4.69) is 10.8 Å². The quantitative estimate of drug-likeness (QED) is 0.236. The summed E-state index contributed by atoms with van der Waals surface area (Å²) in [6, 6.07) is 25.0. The molecule has 1 fully saturated rings. The van der Waals surface area contributed by atoms with Crippen LogP contribution in [0.2, 0.25) is 0 Å². The van der Waals surface area contributed by atoms with E-state index in [-0.39, 0.29) is 19.1 Å². The first-order valence-electron chi connectivity index (χ1n) is 13.1. The Kier molecular flexibility index (Phi) is 10.3. The molecule has 0 radical (unpaired) electrons. The molecule has 0 aliphatic heterocycles. The number of methoxy groups -OCH3 is 1. The van der Waals surface area contributed by atoms with Crippen LogP contribution in [0.5, 0.6) is 5.75 Å². The molecule has 0 heterocycles. The van der Waals surface area contributed by atoms with Gasteiger partial charge in [0, 0.05) is 6.42 Å². The number of hydrogen-bond donors (Lipinski definition) is 3. The van der Waals surface area contributed by atoms with E-state index >= 15 is 0 Å². The van der Waals surface area contributed by atoms with Gasteiger partial charge in [0.1, 0.15) is 24.0 Å². The molecule has 212 valence electrons. The minimum atomic E-state index is -2.90. The zero-order valence-electron chi connectivity index (χ0n) is 22.3. The summed E-state index contributed by atoms with van der Waals surface area (Å²) >= 11 is 0. The first kappa shape index (κ1) is 29.3. The van der Waals surface area contributed by atoms with Crippen LogP contribution in [0.25, 0.3) is 0 Å². The molecule has 1 aliphatic carbocycles. The number of nitrogens with one attached hydrogen (secondary N) is 2. The molecule has 4 rings (SSSR count). The van der Waals surface area contributed by atoms with Crippen LogP contribution in [0.3, 0.4) is 0 Å². The largest absolute Gasteiger partial charge is 0.497 e. The van der Waals surface area contributed by atoms with Crippen molar-refractivity contribution in [1.29, 1.82) is 0 Å². The van der Waals surface area contributed by atoms with Crippen molar-refractivity contribution in [2.75, 3.05) is 7.11 Å².